The highest BCUT2D eigenvalue weighted by molar-refractivity contribution is 6.09. The lowest BCUT2D eigenvalue weighted by Gasteiger charge is -2.06. The van der Waals surface area contributed by atoms with Gasteiger partial charge in [0.15, 0.2) is 0 Å². The minimum Gasteiger partial charge on any atom is -0.465 e. The van der Waals surface area contributed by atoms with E-state index in [2.05, 4.69) is 10.1 Å². The summed E-state index contributed by atoms with van der Waals surface area (Å²) in [5, 5.41) is 12.0. The number of benzene rings is 3. The van der Waals surface area contributed by atoms with Crippen LogP contribution in [0.4, 0.5) is 10.1 Å². The van der Waals surface area contributed by atoms with Crippen LogP contribution in [0, 0.1) is 17.1 Å². The van der Waals surface area contributed by atoms with E-state index in [1.165, 1.54) is 37.5 Å². The van der Waals surface area contributed by atoms with Gasteiger partial charge in [-0.05, 0) is 65.6 Å². The zero-order valence-corrected chi connectivity index (χ0v) is 16.8. The van der Waals surface area contributed by atoms with E-state index >= 15 is 0 Å². The molecule has 0 fully saturated rings. The molecule has 5 nitrogen and oxygen atoms in total. The van der Waals surface area contributed by atoms with Crippen LogP contribution in [0.1, 0.15) is 27.0 Å². The van der Waals surface area contributed by atoms with Crippen LogP contribution in [-0.2, 0) is 16.0 Å². The molecule has 0 atom stereocenters. The van der Waals surface area contributed by atoms with Crippen LogP contribution in [0.15, 0.2) is 78.4 Å². The average molecular weight is 414 g/mol. The van der Waals surface area contributed by atoms with Crippen LogP contribution >= 0.6 is 0 Å². The first-order chi connectivity index (χ1) is 15.0. The second-order valence-corrected chi connectivity index (χ2v) is 6.74. The summed E-state index contributed by atoms with van der Waals surface area (Å²) in [5.74, 6) is -1.31. The van der Waals surface area contributed by atoms with Crippen LogP contribution in [0.25, 0.3) is 6.08 Å². The summed E-state index contributed by atoms with van der Waals surface area (Å²) >= 11 is 0. The van der Waals surface area contributed by atoms with Gasteiger partial charge in [0.05, 0.1) is 12.7 Å². The van der Waals surface area contributed by atoms with Crippen LogP contribution < -0.4 is 5.32 Å². The molecule has 0 aromatic heterocycles. The monoisotopic (exact) mass is 414 g/mol. The van der Waals surface area contributed by atoms with E-state index in [1.54, 1.807) is 30.3 Å². The molecule has 1 N–H and O–H groups in total. The molecule has 31 heavy (non-hydrogen) atoms. The zero-order valence-electron chi connectivity index (χ0n) is 16.8. The van der Waals surface area contributed by atoms with Gasteiger partial charge in [0.2, 0.25) is 0 Å². The number of carbonyl (C=O) groups is 2. The van der Waals surface area contributed by atoms with Crippen LogP contribution in [0.3, 0.4) is 0 Å². The van der Waals surface area contributed by atoms with Crippen molar-refractivity contribution in [1.82, 2.24) is 0 Å². The summed E-state index contributed by atoms with van der Waals surface area (Å²) in [7, 11) is 1.29. The lowest BCUT2D eigenvalue weighted by Crippen LogP contribution is -2.13. The predicted octanol–water partition coefficient (Wildman–Crippen LogP) is 4.75. The standard InChI is InChI=1S/C25H19FN2O3/c1-31-25(30)20-9-11-23(12-10-20)28-24(29)21(16-27)14-18-7-5-17(6-8-18)13-19-3-2-4-22(26)15-19/h2-12,14-15H,13H2,1H3,(H,28,29)/b21-14+. The van der Waals surface area contributed by atoms with Gasteiger partial charge < -0.3 is 10.1 Å². The summed E-state index contributed by atoms with van der Waals surface area (Å²) in [6, 6.07) is 21.8. The van der Waals surface area contributed by atoms with Gasteiger partial charge in [-0.1, -0.05) is 36.4 Å². The zero-order chi connectivity index (χ0) is 22.2. The van der Waals surface area contributed by atoms with E-state index in [9.17, 15) is 19.2 Å². The van der Waals surface area contributed by atoms with Gasteiger partial charge in [-0.3, -0.25) is 4.79 Å². The molecule has 154 valence electrons. The summed E-state index contributed by atoms with van der Waals surface area (Å²) in [6.45, 7) is 0. The second kappa shape index (κ2) is 9.99. The Hall–Kier alpha value is -4.24. The fourth-order valence-corrected chi connectivity index (χ4v) is 2.94. The molecule has 0 saturated heterocycles. The molecule has 3 aromatic rings. The molecule has 3 aromatic carbocycles. The van der Waals surface area contributed by atoms with Gasteiger partial charge in [-0.15, -0.1) is 0 Å². The molecule has 6 heteroatoms. The molecule has 0 spiro atoms. The van der Waals surface area contributed by atoms with E-state index in [4.69, 9.17) is 0 Å². The Kier molecular flexibility index (Phi) is 6.92. The van der Waals surface area contributed by atoms with Crippen LogP contribution in [-0.4, -0.2) is 19.0 Å². The average Bonchev–Trinajstić information content (AvgIpc) is 2.78. The molecule has 0 heterocycles. The molecule has 0 aliphatic rings. The molecular formula is C25H19FN2O3. The number of nitrogens with one attached hydrogen (secondary N) is 1. The molecule has 0 radical (unpaired) electrons. The number of ether oxygens (including phenoxy) is 1. The maximum Gasteiger partial charge on any atom is 0.337 e. The van der Waals surface area contributed by atoms with Crippen molar-refractivity contribution in [3.05, 3.63) is 106 Å². The first kappa shape index (κ1) is 21.5. The first-order valence-electron chi connectivity index (χ1n) is 9.43. The summed E-state index contributed by atoms with van der Waals surface area (Å²) in [6.07, 6.45) is 2.07. The largest absolute Gasteiger partial charge is 0.465 e. The van der Waals surface area contributed by atoms with Gasteiger partial charge in [0.1, 0.15) is 17.5 Å². The van der Waals surface area contributed by atoms with Crippen molar-refractivity contribution < 1.29 is 18.7 Å². The summed E-state index contributed by atoms with van der Waals surface area (Å²) in [5.41, 5.74) is 3.28. The van der Waals surface area contributed by atoms with Gasteiger partial charge in [0, 0.05) is 5.69 Å². The quantitative estimate of drug-likeness (QED) is 0.359. The normalized spacial score (nSPS) is 10.8. The number of anilines is 1. The number of halogens is 1. The fourth-order valence-electron chi connectivity index (χ4n) is 2.94. The van der Waals surface area contributed by atoms with Gasteiger partial charge in [-0.2, -0.15) is 5.26 Å². The minimum absolute atomic E-state index is 0.0603. The third-order valence-corrected chi connectivity index (χ3v) is 4.52. The molecule has 0 aliphatic carbocycles. The summed E-state index contributed by atoms with van der Waals surface area (Å²) in [4.78, 5) is 23.9. The molecule has 0 unspecified atom stereocenters. The fraction of sp³-hybridized carbons (Fsp3) is 0.0800. The number of nitrogens with zero attached hydrogens (tertiary/aromatic N) is 1. The summed E-state index contributed by atoms with van der Waals surface area (Å²) < 4.78 is 18.0. The Morgan fingerprint density at radius 3 is 2.35 bits per heavy atom. The maximum atomic E-state index is 13.3. The van der Waals surface area contributed by atoms with E-state index in [1.807, 2.05) is 24.3 Å². The van der Waals surface area contributed by atoms with E-state index in [-0.39, 0.29) is 11.4 Å². The lowest BCUT2D eigenvalue weighted by molar-refractivity contribution is -0.112. The molecule has 0 saturated carbocycles. The van der Waals surface area contributed by atoms with Gasteiger partial charge in [0.25, 0.3) is 5.91 Å². The Labute approximate surface area is 179 Å². The van der Waals surface area contributed by atoms with Crippen molar-refractivity contribution >= 4 is 23.6 Å². The molecule has 3 rings (SSSR count). The van der Waals surface area contributed by atoms with Gasteiger partial charge >= 0.3 is 5.97 Å². The molecule has 1 amide bonds. The SMILES string of the molecule is COC(=O)c1ccc(NC(=O)/C(C#N)=C/c2ccc(Cc3cccc(F)c3)cc2)cc1. The number of carbonyl (C=O) groups excluding carboxylic acids is 2. The minimum atomic E-state index is -0.558. The number of rotatable bonds is 6. The Morgan fingerprint density at radius 2 is 1.74 bits per heavy atom. The number of hydrogen-bond acceptors (Lipinski definition) is 4. The third kappa shape index (κ3) is 5.87. The number of hydrogen-bond donors (Lipinski definition) is 1. The number of esters is 1. The topological polar surface area (TPSA) is 79.2 Å². The van der Waals surface area contributed by atoms with Crippen LogP contribution in [0.2, 0.25) is 0 Å². The Bertz CT molecular complexity index is 1160. The number of methoxy groups -OCH3 is 1. The third-order valence-electron chi connectivity index (χ3n) is 4.52. The smallest absolute Gasteiger partial charge is 0.337 e. The second-order valence-electron chi connectivity index (χ2n) is 6.74. The van der Waals surface area contributed by atoms with Gasteiger partial charge in [-0.25, -0.2) is 9.18 Å². The van der Waals surface area contributed by atoms with Crippen molar-refractivity contribution in [3.63, 3.8) is 0 Å². The first-order valence-corrected chi connectivity index (χ1v) is 9.43. The number of nitriles is 1. The number of amides is 1. The highest BCUT2D eigenvalue weighted by atomic mass is 19.1. The van der Waals surface area contributed by atoms with Crippen molar-refractivity contribution in [2.45, 2.75) is 6.42 Å². The van der Waals surface area contributed by atoms with E-state index in [0.717, 1.165) is 11.1 Å². The molecular weight excluding hydrogens is 395 g/mol. The molecule has 0 bridgehead atoms. The van der Waals surface area contributed by atoms with E-state index < -0.39 is 11.9 Å². The van der Waals surface area contributed by atoms with Crippen molar-refractivity contribution in [2.24, 2.45) is 0 Å². The van der Waals surface area contributed by atoms with Crippen molar-refractivity contribution in [3.8, 4) is 6.07 Å². The van der Waals surface area contributed by atoms with Crippen LogP contribution in [0.5, 0.6) is 0 Å². The van der Waals surface area contributed by atoms with E-state index in [0.29, 0.717) is 23.2 Å². The lowest BCUT2D eigenvalue weighted by atomic mass is 10.0. The Morgan fingerprint density at radius 1 is 1.03 bits per heavy atom. The highest BCUT2D eigenvalue weighted by Crippen LogP contribution is 2.16. The predicted molar refractivity (Wildman–Crippen MR) is 116 cm³/mol. The van der Waals surface area contributed by atoms with Crippen molar-refractivity contribution in [2.75, 3.05) is 12.4 Å². The highest BCUT2D eigenvalue weighted by Gasteiger charge is 2.11. The Balaban J connectivity index is 1.68. The molecule has 0 aliphatic heterocycles. The maximum absolute atomic E-state index is 13.3. The van der Waals surface area contributed by atoms with Crippen molar-refractivity contribution in [1.29, 1.82) is 5.26 Å².